The molecule has 0 nitrogen and oxygen atoms in total. The molecule has 0 fully saturated rings. The fourth-order valence-electron chi connectivity index (χ4n) is 10.4. The fourth-order valence-corrected chi connectivity index (χ4v) is 31.9. The van der Waals surface area contributed by atoms with E-state index in [1.165, 1.54) is 10.5 Å². The summed E-state index contributed by atoms with van der Waals surface area (Å²) in [5.41, 5.74) is 3.10. The standard InChI is InChI=1S/3C12H27Si.C6H10Ge2.Ge/c3*1-10(2,3)13(11(4,5)6)12(7,8)9;1-5(3-7)6(2)4-8;/h3*1-9H3;3-4H2,1-2H3;/b;;;6-5-;. The van der Waals surface area contributed by atoms with E-state index in [2.05, 4.69) is 234 Å². The van der Waals surface area contributed by atoms with Gasteiger partial charge < -0.3 is 0 Å². The summed E-state index contributed by atoms with van der Waals surface area (Å²) in [6, 6.07) is 0. The third-order valence-corrected chi connectivity index (χ3v) is 23.7. The first-order valence-electron chi connectivity index (χ1n) is 18.4. The van der Waals surface area contributed by atoms with Crippen LogP contribution in [0, 0.1) is 0 Å². The molecule has 0 N–H and O–H groups in total. The van der Waals surface area contributed by atoms with Gasteiger partial charge in [-0.1, -0.05) is 187 Å². The van der Waals surface area contributed by atoms with Crippen LogP contribution in [0.25, 0.3) is 0 Å². The Hall–Kier alpha value is 2.02. The van der Waals surface area contributed by atoms with Crippen molar-refractivity contribution in [1.29, 1.82) is 0 Å². The molecule has 0 aromatic rings. The van der Waals surface area contributed by atoms with Crippen LogP contribution in [0.4, 0.5) is 0 Å². The van der Waals surface area contributed by atoms with Gasteiger partial charge in [0, 0.05) is 17.6 Å². The van der Waals surface area contributed by atoms with Gasteiger partial charge in [-0.15, -0.1) is 0 Å². The van der Waals surface area contributed by atoms with Crippen molar-refractivity contribution in [2.45, 2.75) is 257 Å². The summed E-state index contributed by atoms with van der Waals surface area (Å²) in [6.07, 6.45) is 0. The van der Waals surface area contributed by atoms with Gasteiger partial charge in [0.1, 0.15) is 0 Å². The molecule has 0 aromatic carbocycles. The molecule has 0 saturated heterocycles. The summed E-state index contributed by atoms with van der Waals surface area (Å²) in [5.74, 6) is 0. The topological polar surface area (TPSA) is 0 Å². The number of allylic oxidation sites excluding steroid dienone is 2. The Labute approximate surface area is 342 Å². The average molecular weight is 898 g/mol. The summed E-state index contributed by atoms with van der Waals surface area (Å²) in [7, 11) is -1.17. The molecule has 0 aliphatic rings. The number of hydrogen-bond donors (Lipinski definition) is 0. The summed E-state index contributed by atoms with van der Waals surface area (Å²) in [5, 5.41) is 6.80. The van der Waals surface area contributed by atoms with Crippen molar-refractivity contribution in [1.82, 2.24) is 0 Å². The molecule has 0 atom stereocenters. The van der Waals surface area contributed by atoms with E-state index < -0.39 is 26.4 Å². The molecule has 48 heavy (non-hydrogen) atoms. The van der Waals surface area contributed by atoms with Crippen molar-refractivity contribution >= 4 is 77.0 Å². The molecular weight excluding hydrogens is 807 g/mol. The minimum atomic E-state index is -0.391. The Bertz CT molecular complexity index is 676. The van der Waals surface area contributed by atoms with E-state index >= 15 is 0 Å². The summed E-state index contributed by atoms with van der Waals surface area (Å²) in [4.78, 5) is 0. The molecule has 0 heterocycles. The van der Waals surface area contributed by atoms with Gasteiger partial charge in [-0.2, -0.15) is 0 Å². The SMILES string of the molecule is C/C([CH2][Ge])=C(\C)[CH2][Ge].CC(C)(C)[Si](C(C)(C)C)C(C)(C)C.CC(C)(C)[Si](C(C)(C)C)C(C)(C)C.CC(C)(C)[Si](C(C)(C)C)C(C)(C)C.[Ge]. The first-order chi connectivity index (χ1) is 19.8. The third kappa shape index (κ3) is 25.9. The predicted octanol–water partition coefficient (Wildman–Crippen LogP) is 15.8. The van der Waals surface area contributed by atoms with Crippen LogP contribution in [0.1, 0.15) is 201 Å². The van der Waals surface area contributed by atoms with Crippen LogP contribution >= 0.6 is 0 Å². The van der Waals surface area contributed by atoms with Crippen LogP contribution in [0.5, 0.6) is 0 Å². The van der Waals surface area contributed by atoms with Gasteiger partial charge in [-0.05, 0) is 45.3 Å². The van der Waals surface area contributed by atoms with E-state index in [4.69, 9.17) is 0 Å². The largest absolute Gasteiger partial charge is 0.0652 e. The van der Waals surface area contributed by atoms with Gasteiger partial charge in [0.25, 0.3) is 0 Å². The van der Waals surface area contributed by atoms with Gasteiger partial charge in [-0.3, -0.25) is 0 Å². The van der Waals surface area contributed by atoms with Crippen molar-refractivity contribution in [2.75, 3.05) is 0 Å². The monoisotopic (exact) mass is 901 g/mol. The van der Waals surface area contributed by atoms with E-state index in [-0.39, 0.29) is 17.6 Å². The van der Waals surface area contributed by atoms with Crippen molar-refractivity contribution in [3.8, 4) is 0 Å². The third-order valence-electron chi connectivity index (χ3n) is 8.01. The molecular formula is C42H91Ge3Si3. The summed E-state index contributed by atoms with van der Waals surface area (Å²) >= 11 is 4.41. The van der Waals surface area contributed by atoms with Gasteiger partial charge in [0.15, 0.2) is 0 Å². The minimum Gasteiger partial charge on any atom is -0.0627 e. The molecule has 0 spiro atoms. The molecule has 13 radical (unpaired) electrons. The Kier molecular flexibility index (Phi) is 26.2. The second kappa shape index (κ2) is 21.2. The molecule has 0 aliphatic heterocycles. The molecule has 0 unspecified atom stereocenters. The molecule has 0 aromatic heterocycles. The second-order valence-corrected chi connectivity index (χ2v) is 40.5. The Morgan fingerprint density at radius 2 is 0.375 bits per heavy atom. The Morgan fingerprint density at radius 3 is 0.396 bits per heavy atom. The molecule has 283 valence electrons. The van der Waals surface area contributed by atoms with Crippen LogP contribution in [0.3, 0.4) is 0 Å². The molecule has 0 rings (SSSR count). The fraction of sp³-hybridized carbons (Fsp3) is 0.952. The average Bonchev–Trinajstić information content (AvgIpc) is 2.62. The molecule has 0 amide bonds. The van der Waals surface area contributed by atoms with Gasteiger partial charge >= 0.3 is 68.5 Å². The van der Waals surface area contributed by atoms with Crippen LogP contribution in [0.15, 0.2) is 11.1 Å². The van der Waals surface area contributed by atoms with E-state index in [9.17, 15) is 0 Å². The van der Waals surface area contributed by atoms with Crippen LogP contribution in [-0.2, 0) is 0 Å². The zero-order chi connectivity index (χ0) is 39.8. The predicted molar refractivity (Wildman–Crippen MR) is 240 cm³/mol. The van der Waals surface area contributed by atoms with Crippen molar-refractivity contribution < 1.29 is 0 Å². The first-order valence-corrected chi connectivity index (χ1v) is 25.9. The normalized spacial score (nSPS) is 14.6. The Morgan fingerprint density at radius 1 is 0.292 bits per heavy atom. The maximum absolute atomic E-state index is 2.40. The van der Waals surface area contributed by atoms with E-state index in [1.807, 2.05) is 0 Å². The van der Waals surface area contributed by atoms with Crippen LogP contribution < -0.4 is 0 Å². The van der Waals surface area contributed by atoms with Crippen molar-refractivity contribution in [3.05, 3.63) is 11.1 Å². The second-order valence-electron chi connectivity index (χ2n) is 23.3. The van der Waals surface area contributed by atoms with Gasteiger partial charge in [-0.25, -0.2) is 0 Å². The maximum atomic E-state index is 2.40. The van der Waals surface area contributed by atoms with Crippen molar-refractivity contribution in [3.63, 3.8) is 0 Å². The molecule has 0 aliphatic carbocycles. The Balaban J connectivity index is -0.000000173. The molecule has 6 heteroatoms. The van der Waals surface area contributed by atoms with E-state index in [0.29, 0.717) is 45.3 Å². The van der Waals surface area contributed by atoms with E-state index in [1.54, 1.807) is 11.1 Å². The van der Waals surface area contributed by atoms with Crippen LogP contribution in [-0.4, -0.2) is 77.0 Å². The van der Waals surface area contributed by atoms with Crippen LogP contribution in [0.2, 0.25) is 55.9 Å². The van der Waals surface area contributed by atoms with E-state index in [0.717, 1.165) is 0 Å². The minimum absolute atomic E-state index is 0. The first kappa shape index (κ1) is 59.3. The molecule has 0 bridgehead atoms. The van der Waals surface area contributed by atoms with Gasteiger partial charge in [0.05, 0.1) is 26.4 Å². The summed E-state index contributed by atoms with van der Waals surface area (Å²) in [6.45, 7) is 69.2. The number of hydrogen-bond acceptors (Lipinski definition) is 0. The number of rotatable bonds is 2. The maximum Gasteiger partial charge on any atom is 0.0652 e. The zero-order valence-corrected chi connectivity index (χ0v) is 48.2. The smallest absolute Gasteiger partial charge is 0.0627 e. The molecule has 0 saturated carbocycles. The zero-order valence-electron chi connectivity index (χ0n) is 38.9. The van der Waals surface area contributed by atoms with Gasteiger partial charge in [0.2, 0.25) is 0 Å². The van der Waals surface area contributed by atoms with Crippen molar-refractivity contribution in [2.24, 2.45) is 0 Å². The summed E-state index contributed by atoms with van der Waals surface area (Å²) < 4.78 is 0. The quantitative estimate of drug-likeness (QED) is 0.191.